The molecule has 32 heavy (non-hydrogen) atoms. The van der Waals surface area contributed by atoms with Gasteiger partial charge in [-0.25, -0.2) is 14.4 Å². The van der Waals surface area contributed by atoms with Crippen LogP contribution in [0.3, 0.4) is 0 Å². The summed E-state index contributed by atoms with van der Waals surface area (Å²) < 4.78 is 14.9. The van der Waals surface area contributed by atoms with Crippen LogP contribution in [0.25, 0.3) is 22.6 Å². The summed E-state index contributed by atoms with van der Waals surface area (Å²) in [5.74, 6) is 0.258. The molecule has 0 atom stereocenters. The predicted octanol–water partition coefficient (Wildman–Crippen LogP) is 7.98. The Morgan fingerprint density at radius 2 is 1.28 bits per heavy atom. The van der Waals surface area contributed by atoms with E-state index in [0.717, 1.165) is 24.8 Å². The van der Waals surface area contributed by atoms with Crippen LogP contribution in [0.2, 0.25) is 0 Å². The van der Waals surface area contributed by atoms with Crippen molar-refractivity contribution in [1.82, 2.24) is 15.0 Å². The van der Waals surface area contributed by atoms with Gasteiger partial charge in [-0.1, -0.05) is 70.9 Å². The number of rotatable bonds is 13. The van der Waals surface area contributed by atoms with Gasteiger partial charge in [0.05, 0.1) is 5.69 Å². The summed E-state index contributed by atoms with van der Waals surface area (Å²) in [5, 5.41) is 0. The number of halogens is 1. The van der Waals surface area contributed by atoms with Gasteiger partial charge in [0.2, 0.25) is 0 Å². The van der Waals surface area contributed by atoms with Crippen LogP contribution >= 0.6 is 0 Å². The molecule has 0 spiro atoms. The van der Waals surface area contributed by atoms with Gasteiger partial charge in [0.15, 0.2) is 5.82 Å². The summed E-state index contributed by atoms with van der Waals surface area (Å²) in [4.78, 5) is 13.4. The normalized spacial score (nSPS) is 11.1. The Labute approximate surface area is 192 Å². The van der Waals surface area contributed by atoms with Crippen molar-refractivity contribution in [1.29, 1.82) is 0 Å². The summed E-state index contributed by atoms with van der Waals surface area (Å²) in [6.45, 7) is 4.44. The number of hydrogen-bond acceptors (Lipinski definition) is 3. The molecule has 0 aliphatic heterocycles. The smallest absolute Gasteiger partial charge is 0.159 e. The largest absolute Gasteiger partial charge is 0.256 e. The lowest BCUT2D eigenvalue weighted by atomic mass is 10.0. The van der Waals surface area contributed by atoms with Gasteiger partial charge in [0.25, 0.3) is 0 Å². The van der Waals surface area contributed by atoms with Crippen molar-refractivity contribution < 1.29 is 4.39 Å². The average molecular weight is 434 g/mol. The molecule has 3 aromatic rings. The van der Waals surface area contributed by atoms with Gasteiger partial charge in [-0.2, -0.15) is 0 Å². The SMILES string of the molecule is CCCCCCCc1ccc(-c2ccc(-c3ncc(CCCCCC)cn3)cc2F)nc1. The highest BCUT2D eigenvalue weighted by Crippen LogP contribution is 2.26. The molecule has 3 nitrogen and oxygen atoms in total. The first-order valence-corrected chi connectivity index (χ1v) is 12.3. The number of hydrogen-bond donors (Lipinski definition) is 0. The first kappa shape index (κ1) is 24.0. The van der Waals surface area contributed by atoms with E-state index in [1.807, 2.05) is 30.7 Å². The lowest BCUT2D eigenvalue weighted by molar-refractivity contribution is 0.630. The van der Waals surface area contributed by atoms with Crippen molar-refractivity contribution in [3.8, 4) is 22.6 Å². The molecule has 1 aromatic carbocycles. The number of aryl methyl sites for hydroxylation is 2. The molecule has 0 saturated carbocycles. The molecule has 4 heteroatoms. The monoisotopic (exact) mass is 433 g/mol. The van der Waals surface area contributed by atoms with E-state index in [-0.39, 0.29) is 5.82 Å². The third-order valence-corrected chi connectivity index (χ3v) is 5.92. The van der Waals surface area contributed by atoms with Gasteiger partial charge in [0.1, 0.15) is 5.82 Å². The Hall–Kier alpha value is -2.62. The first-order valence-electron chi connectivity index (χ1n) is 12.3. The molecule has 170 valence electrons. The Morgan fingerprint density at radius 3 is 1.91 bits per heavy atom. The van der Waals surface area contributed by atoms with Gasteiger partial charge in [-0.15, -0.1) is 0 Å². The number of pyridine rings is 1. The molecule has 0 unspecified atom stereocenters. The maximum absolute atomic E-state index is 14.9. The highest BCUT2D eigenvalue weighted by Gasteiger charge is 2.10. The minimum Gasteiger partial charge on any atom is -0.256 e. The topological polar surface area (TPSA) is 38.7 Å². The molecular weight excluding hydrogens is 397 g/mol. The van der Waals surface area contributed by atoms with Crippen molar-refractivity contribution in [3.63, 3.8) is 0 Å². The quantitative estimate of drug-likeness (QED) is 0.256. The van der Waals surface area contributed by atoms with Crippen molar-refractivity contribution in [2.45, 2.75) is 84.5 Å². The number of benzene rings is 1. The molecule has 3 rings (SSSR count). The third kappa shape index (κ3) is 7.22. The summed E-state index contributed by atoms with van der Waals surface area (Å²) in [5.41, 5.74) is 4.21. The van der Waals surface area contributed by atoms with Gasteiger partial charge in [0, 0.05) is 29.7 Å². The second-order valence-corrected chi connectivity index (χ2v) is 8.64. The maximum Gasteiger partial charge on any atom is 0.159 e. The Morgan fingerprint density at radius 1 is 0.656 bits per heavy atom. The van der Waals surface area contributed by atoms with Crippen LogP contribution in [-0.2, 0) is 12.8 Å². The standard InChI is InChI=1S/C28H36FN3/c1-3-5-7-9-11-12-22-14-17-27(30-19-22)25-16-15-24(18-26(25)29)28-31-20-23(21-32-28)13-10-8-6-4-2/h14-21H,3-13H2,1-2H3. The third-order valence-electron chi connectivity index (χ3n) is 5.92. The van der Waals surface area contributed by atoms with Crippen molar-refractivity contribution in [3.05, 3.63) is 65.9 Å². The molecule has 2 heterocycles. The van der Waals surface area contributed by atoms with Crippen LogP contribution in [0.4, 0.5) is 4.39 Å². The molecule has 0 amide bonds. The van der Waals surface area contributed by atoms with Crippen molar-refractivity contribution in [2.24, 2.45) is 0 Å². The molecule has 0 saturated heterocycles. The second kappa shape index (κ2) is 13.0. The van der Waals surface area contributed by atoms with E-state index in [4.69, 9.17) is 0 Å². The van der Waals surface area contributed by atoms with Crippen LogP contribution in [-0.4, -0.2) is 15.0 Å². The summed E-state index contributed by atoms with van der Waals surface area (Å²) >= 11 is 0. The van der Waals surface area contributed by atoms with Crippen LogP contribution in [0.1, 0.15) is 82.8 Å². The Bertz CT molecular complexity index is 936. The van der Waals surface area contributed by atoms with Crippen LogP contribution < -0.4 is 0 Å². The lowest BCUT2D eigenvalue weighted by Crippen LogP contribution is -1.95. The molecule has 0 radical (unpaired) electrons. The van der Waals surface area contributed by atoms with E-state index in [9.17, 15) is 4.39 Å². The zero-order valence-corrected chi connectivity index (χ0v) is 19.6. The molecular formula is C28H36FN3. The molecule has 0 N–H and O–H groups in total. The summed E-state index contributed by atoms with van der Waals surface area (Å²) in [7, 11) is 0. The van der Waals surface area contributed by atoms with E-state index < -0.39 is 0 Å². The van der Waals surface area contributed by atoms with Crippen LogP contribution in [0, 0.1) is 5.82 Å². The van der Waals surface area contributed by atoms with E-state index in [1.165, 1.54) is 63.0 Å². The summed E-state index contributed by atoms with van der Waals surface area (Å²) in [6.07, 6.45) is 18.8. The lowest BCUT2D eigenvalue weighted by Gasteiger charge is -2.07. The van der Waals surface area contributed by atoms with E-state index in [2.05, 4.69) is 34.9 Å². The fourth-order valence-corrected chi connectivity index (χ4v) is 3.92. The zero-order chi connectivity index (χ0) is 22.6. The van der Waals surface area contributed by atoms with Gasteiger partial charge >= 0.3 is 0 Å². The van der Waals surface area contributed by atoms with Crippen molar-refractivity contribution >= 4 is 0 Å². The fourth-order valence-electron chi connectivity index (χ4n) is 3.92. The molecule has 0 aliphatic carbocycles. The minimum atomic E-state index is -0.297. The Balaban J connectivity index is 1.60. The summed E-state index contributed by atoms with van der Waals surface area (Å²) in [6, 6.07) is 9.15. The number of aromatic nitrogens is 3. The number of unbranched alkanes of at least 4 members (excludes halogenated alkanes) is 7. The minimum absolute atomic E-state index is 0.297. The van der Waals surface area contributed by atoms with Gasteiger partial charge in [-0.05, 0) is 55.0 Å². The highest BCUT2D eigenvalue weighted by atomic mass is 19.1. The zero-order valence-electron chi connectivity index (χ0n) is 19.6. The van der Waals surface area contributed by atoms with Gasteiger partial charge in [-0.3, -0.25) is 4.98 Å². The fraction of sp³-hybridized carbons (Fsp3) is 0.464. The molecule has 0 fully saturated rings. The maximum atomic E-state index is 14.9. The van der Waals surface area contributed by atoms with Crippen LogP contribution in [0.5, 0.6) is 0 Å². The van der Waals surface area contributed by atoms with E-state index in [1.54, 1.807) is 6.07 Å². The highest BCUT2D eigenvalue weighted by molar-refractivity contribution is 5.66. The van der Waals surface area contributed by atoms with E-state index >= 15 is 0 Å². The second-order valence-electron chi connectivity index (χ2n) is 8.64. The van der Waals surface area contributed by atoms with Crippen LogP contribution in [0.15, 0.2) is 48.9 Å². The average Bonchev–Trinajstić information content (AvgIpc) is 2.83. The molecule has 0 aliphatic rings. The molecule has 2 aromatic heterocycles. The van der Waals surface area contributed by atoms with Crippen molar-refractivity contribution in [2.75, 3.05) is 0 Å². The number of nitrogens with zero attached hydrogens (tertiary/aromatic N) is 3. The Kier molecular flexibility index (Phi) is 9.80. The van der Waals surface area contributed by atoms with Gasteiger partial charge < -0.3 is 0 Å². The first-order chi connectivity index (χ1) is 15.7. The molecule has 0 bridgehead atoms. The predicted molar refractivity (Wildman–Crippen MR) is 131 cm³/mol. The van der Waals surface area contributed by atoms with E-state index in [0.29, 0.717) is 22.6 Å².